The summed E-state index contributed by atoms with van der Waals surface area (Å²) in [5.74, 6) is 0.857. The highest BCUT2D eigenvalue weighted by atomic mass is 16.5. The Balaban J connectivity index is 1.24. The number of carbonyl (C=O) groups excluding carboxylic acids is 2. The molecule has 5 nitrogen and oxygen atoms in total. The van der Waals surface area contributed by atoms with Gasteiger partial charge >= 0.3 is 0 Å². The van der Waals surface area contributed by atoms with Gasteiger partial charge in [-0.15, -0.1) is 0 Å². The van der Waals surface area contributed by atoms with E-state index in [-0.39, 0.29) is 11.7 Å². The topological polar surface area (TPSA) is 70.4 Å². The van der Waals surface area contributed by atoms with Gasteiger partial charge in [0.25, 0.3) is 0 Å². The molecular formula is C28H24N2O3. The quantitative estimate of drug-likeness (QED) is 0.592. The maximum absolute atomic E-state index is 13.0. The summed E-state index contributed by atoms with van der Waals surface area (Å²) >= 11 is 0. The highest BCUT2D eigenvalue weighted by Crippen LogP contribution is 2.39. The van der Waals surface area contributed by atoms with E-state index < -0.39 is 5.60 Å². The third-order valence-corrected chi connectivity index (χ3v) is 6.63. The summed E-state index contributed by atoms with van der Waals surface area (Å²) in [6.07, 6.45) is 2.00. The lowest BCUT2D eigenvalue weighted by Gasteiger charge is -2.44. The molecule has 2 heterocycles. The van der Waals surface area contributed by atoms with Crippen molar-refractivity contribution < 1.29 is 14.3 Å². The van der Waals surface area contributed by atoms with Crippen LogP contribution in [-0.4, -0.2) is 35.3 Å². The molecule has 33 heavy (non-hydrogen) atoms. The number of likely N-dealkylation sites (tertiary alicyclic amines) is 1. The Morgan fingerprint density at radius 2 is 1.70 bits per heavy atom. The molecule has 164 valence electrons. The number of ether oxygens (including phenoxy) is 1. The zero-order valence-corrected chi connectivity index (χ0v) is 18.3. The number of ketones is 1. The highest BCUT2D eigenvalue weighted by Gasteiger charge is 2.43. The zero-order valence-electron chi connectivity index (χ0n) is 18.3. The van der Waals surface area contributed by atoms with Crippen LogP contribution in [0.2, 0.25) is 0 Å². The standard InChI is InChI=1S/C28H24N2O3/c29-19-21-6-4-8-23(16-21)22-7-3-5-20(15-22)17-27(32)30-13-11-28(12-14-30)18-25(31)24-9-1-2-10-26(24)33-28/h1-10,15-16H,11-14,17-18H2. The van der Waals surface area contributed by atoms with Crippen molar-refractivity contribution in [2.45, 2.75) is 31.3 Å². The number of Topliss-reactive ketones (excluding diaryl/α,β-unsaturated/α-hetero) is 1. The van der Waals surface area contributed by atoms with E-state index in [1.165, 1.54) is 0 Å². The van der Waals surface area contributed by atoms with E-state index in [0.717, 1.165) is 16.7 Å². The number of piperidine rings is 1. The molecule has 1 saturated heterocycles. The average Bonchev–Trinajstić information content (AvgIpc) is 2.84. The van der Waals surface area contributed by atoms with Crippen molar-refractivity contribution in [1.82, 2.24) is 4.90 Å². The molecular weight excluding hydrogens is 412 g/mol. The van der Waals surface area contributed by atoms with E-state index in [1.54, 1.807) is 6.07 Å². The minimum atomic E-state index is -0.506. The first-order valence-electron chi connectivity index (χ1n) is 11.2. The van der Waals surface area contributed by atoms with Crippen molar-refractivity contribution in [1.29, 1.82) is 5.26 Å². The number of hydrogen-bond acceptors (Lipinski definition) is 4. The normalized spacial score (nSPS) is 16.6. The minimum absolute atomic E-state index is 0.0790. The van der Waals surface area contributed by atoms with E-state index in [9.17, 15) is 9.59 Å². The van der Waals surface area contributed by atoms with E-state index in [2.05, 4.69) is 6.07 Å². The Labute approximate surface area is 193 Å². The first kappa shape index (κ1) is 21.0. The van der Waals surface area contributed by atoms with Gasteiger partial charge in [-0.2, -0.15) is 5.26 Å². The van der Waals surface area contributed by atoms with Gasteiger partial charge in [-0.25, -0.2) is 0 Å². The molecule has 0 aliphatic carbocycles. The molecule has 1 amide bonds. The van der Waals surface area contributed by atoms with Gasteiger partial charge in [-0.1, -0.05) is 48.5 Å². The smallest absolute Gasteiger partial charge is 0.226 e. The van der Waals surface area contributed by atoms with E-state index >= 15 is 0 Å². The number of fused-ring (bicyclic) bond motifs is 1. The van der Waals surface area contributed by atoms with Crippen LogP contribution in [0.15, 0.2) is 72.8 Å². The molecule has 0 bridgehead atoms. The Kier molecular flexibility index (Phi) is 5.43. The molecule has 1 spiro atoms. The van der Waals surface area contributed by atoms with Gasteiger partial charge in [0.2, 0.25) is 5.91 Å². The van der Waals surface area contributed by atoms with Crippen LogP contribution in [0.5, 0.6) is 5.75 Å². The number of hydrogen-bond donors (Lipinski definition) is 0. The molecule has 0 atom stereocenters. The second kappa shape index (κ2) is 8.55. The second-order valence-electron chi connectivity index (χ2n) is 8.83. The number of benzene rings is 3. The van der Waals surface area contributed by atoms with Crippen LogP contribution >= 0.6 is 0 Å². The largest absolute Gasteiger partial charge is 0.486 e. The Morgan fingerprint density at radius 3 is 2.48 bits per heavy atom. The third-order valence-electron chi connectivity index (χ3n) is 6.63. The van der Waals surface area contributed by atoms with Crippen molar-refractivity contribution in [3.05, 3.63) is 89.5 Å². The van der Waals surface area contributed by atoms with Gasteiger partial charge in [0, 0.05) is 25.9 Å². The molecule has 0 N–H and O–H groups in total. The van der Waals surface area contributed by atoms with Crippen LogP contribution in [0, 0.1) is 11.3 Å². The van der Waals surface area contributed by atoms with Gasteiger partial charge < -0.3 is 9.64 Å². The van der Waals surface area contributed by atoms with E-state index in [1.807, 2.05) is 71.6 Å². The number of nitrogens with zero attached hydrogens (tertiary/aromatic N) is 2. The zero-order chi connectivity index (χ0) is 22.8. The molecule has 5 heteroatoms. The van der Waals surface area contributed by atoms with Crippen molar-refractivity contribution >= 4 is 11.7 Å². The van der Waals surface area contributed by atoms with Crippen molar-refractivity contribution in [2.75, 3.05) is 13.1 Å². The van der Waals surface area contributed by atoms with Crippen molar-refractivity contribution in [3.63, 3.8) is 0 Å². The lowest BCUT2D eigenvalue weighted by Crippen LogP contribution is -2.52. The summed E-state index contributed by atoms with van der Waals surface area (Å²) in [7, 11) is 0. The number of amides is 1. The van der Waals surface area contributed by atoms with Gasteiger partial charge in [-0.3, -0.25) is 9.59 Å². The molecule has 0 radical (unpaired) electrons. The molecule has 3 aromatic carbocycles. The molecule has 1 fully saturated rings. The number of para-hydroxylation sites is 1. The average molecular weight is 437 g/mol. The highest BCUT2D eigenvalue weighted by molar-refractivity contribution is 6.00. The molecule has 0 saturated carbocycles. The lowest BCUT2D eigenvalue weighted by atomic mass is 9.82. The summed E-state index contributed by atoms with van der Waals surface area (Å²) in [6.45, 7) is 1.16. The predicted octanol–water partition coefficient (Wildman–Crippen LogP) is 4.79. The summed E-state index contributed by atoms with van der Waals surface area (Å²) < 4.78 is 6.28. The fourth-order valence-electron chi connectivity index (χ4n) is 4.80. The molecule has 0 aromatic heterocycles. The first-order valence-corrected chi connectivity index (χ1v) is 11.2. The summed E-state index contributed by atoms with van der Waals surface area (Å²) in [6, 6.07) is 25.0. The predicted molar refractivity (Wildman–Crippen MR) is 125 cm³/mol. The summed E-state index contributed by atoms with van der Waals surface area (Å²) in [5.41, 5.74) is 3.65. The van der Waals surface area contributed by atoms with Crippen LogP contribution in [0.1, 0.15) is 40.7 Å². The fraction of sp³-hybridized carbons (Fsp3) is 0.250. The van der Waals surface area contributed by atoms with Crippen molar-refractivity contribution in [3.8, 4) is 22.9 Å². The third kappa shape index (κ3) is 4.25. The van der Waals surface area contributed by atoms with Crippen LogP contribution in [0.4, 0.5) is 0 Å². The molecule has 0 unspecified atom stereocenters. The number of rotatable bonds is 3. The van der Waals surface area contributed by atoms with E-state index in [0.29, 0.717) is 55.6 Å². The first-order chi connectivity index (χ1) is 16.0. The Morgan fingerprint density at radius 1 is 0.970 bits per heavy atom. The summed E-state index contributed by atoms with van der Waals surface area (Å²) in [5, 5.41) is 9.15. The van der Waals surface area contributed by atoms with Crippen LogP contribution < -0.4 is 4.74 Å². The second-order valence-corrected chi connectivity index (χ2v) is 8.83. The van der Waals surface area contributed by atoms with Gasteiger partial charge in [0.1, 0.15) is 11.4 Å². The minimum Gasteiger partial charge on any atom is -0.486 e. The van der Waals surface area contributed by atoms with Crippen LogP contribution in [0.25, 0.3) is 11.1 Å². The lowest BCUT2D eigenvalue weighted by molar-refractivity contribution is -0.134. The van der Waals surface area contributed by atoms with Gasteiger partial charge in [-0.05, 0) is 41.0 Å². The fourth-order valence-corrected chi connectivity index (χ4v) is 4.80. The Bertz CT molecular complexity index is 1270. The number of carbonyl (C=O) groups is 2. The van der Waals surface area contributed by atoms with Gasteiger partial charge in [0.15, 0.2) is 5.78 Å². The maximum Gasteiger partial charge on any atom is 0.226 e. The molecule has 3 aromatic rings. The van der Waals surface area contributed by atoms with Crippen molar-refractivity contribution in [2.24, 2.45) is 0 Å². The van der Waals surface area contributed by atoms with Crippen LogP contribution in [-0.2, 0) is 11.2 Å². The van der Waals surface area contributed by atoms with Crippen LogP contribution in [0.3, 0.4) is 0 Å². The molecule has 5 rings (SSSR count). The summed E-state index contributed by atoms with van der Waals surface area (Å²) in [4.78, 5) is 27.5. The Hall–Kier alpha value is -3.91. The van der Waals surface area contributed by atoms with Gasteiger partial charge in [0.05, 0.1) is 30.0 Å². The number of nitriles is 1. The monoisotopic (exact) mass is 436 g/mol. The SMILES string of the molecule is N#Cc1cccc(-c2cccc(CC(=O)N3CCC4(CC3)CC(=O)c3ccccc3O4)c2)c1. The van der Waals surface area contributed by atoms with E-state index in [4.69, 9.17) is 10.00 Å². The maximum atomic E-state index is 13.0. The molecule has 2 aliphatic rings. The molecule has 2 aliphatic heterocycles.